The molecule has 0 saturated heterocycles. The number of benzene rings is 3. The molecule has 3 N–H and O–H groups in total. The topological polar surface area (TPSA) is 107 Å². The molecule has 0 saturated carbocycles. The molecule has 164 valence electrons. The Labute approximate surface area is 182 Å². The lowest BCUT2D eigenvalue weighted by molar-refractivity contribution is -0.160. The molecule has 0 spiro atoms. The number of sulfonamides is 1. The zero-order chi connectivity index (χ0) is 23.1. The first-order valence-electron chi connectivity index (χ1n) is 9.87. The second kappa shape index (κ2) is 8.07. The fourth-order valence-corrected chi connectivity index (χ4v) is 4.72. The third kappa shape index (κ3) is 4.63. The molecule has 0 fully saturated rings. The van der Waals surface area contributed by atoms with Crippen LogP contribution in [0.2, 0.25) is 0 Å². The van der Waals surface area contributed by atoms with E-state index in [1.165, 1.54) is 6.07 Å². The average molecular weight is 442 g/mol. The molecule has 7 heteroatoms. The quantitative estimate of drug-likeness (QED) is 0.596. The van der Waals surface area contributed by atoms with E-state index in [0.29, 0.717) is 22.3 Å². The molecule has 3 aromatic rings. The van der Waals surface area contributed by atoms with Crippen molar-refractivity contribution >= 4 is 26.8 Å². The lowest BCUT2D eigenvalue weighted by atomic mass is 9.85. The third-order valence-corrected chi connectivity index (χ3v) is 6.17. The summed E-state index contributed by atoms with van der Waals surface area (Å²) in [7, 11) is -3.95. The number of hydrogen-bond acceptors (Lipinski definition) is 4. The summed E-state index contributed by atoms with van der Waals surface area (Å²) in [6.45, 7) is 8.91. The molecule has 31 heavy (non-hydrogen) atoms. The Morgan fingerprint density at radius 3 is 2.29 bits per heavy atom. The van der Waals surface area contributed by atoms with Crippen molar-refractivity contribution < 1.29 is 23.1 Å². The van der Waals surface area contributed by atoms with Gasteiger partial charge in [-0.3, -0.25) is 0 Å². The van der Waals surface area contributed by atoms with Crippen LogP contribution in [0.1, 0.15) is 43.6 Å². The Balaban J connectivity index is 2.49. The van der Waals surface area contributed by atoms with Gasteiger partial charge in [0.2, 0.25) is 10.0 Å². The Morgan fingerprint density at radius 1 is 1.06 bits per heavy atom. The SMILES string of the molecule is Cc1cc2ccccc2c(-c2cccc(S(N)(=O)=O)c2C)c1C(OC(C)(C)C)C(=O)O. The van der Waals surface area contributed by atoms with Crippen LogP contribution in [0, 0.1) is 13.8 Å². The molecule has 6 nitrogen and oxygen atoms in total. The summed E-state index contributed by atoms with van der Waals surface area (Å²) < 4.78 is 30.3. The minimum atomic E-state index is -3.95. The van der Waals surface area contributed by atoms with Crippen molar-refractivity contribution in [1.82, 2.24) is 0 Å². The predicted octanol–water partition coefficient (Wildman–Crippen LogP) is 4.71. The van der Waals surface area contributed by atoms with E-state index in [0.717, 1.165) is 16.3 Å². The van der Waals surface area contributed by atoms with Crippen LogP contribution in [-0.4, -0.2) is 25.1 Å². The van der Waals surface area contributed by atoms with Gasteiger partial charge in [0, 0.05) is 5.56 Å². The zero-order valence-electron chi connectivity index (χ0n) is 18.3. The van der Waals surface area contributed by atoms with Gasteiger partial charge >= 0.3 is 5.97 Å². The standard InChI is InChI=1S/C24H27NO5S/c1-14-13-16-9-6-7-10-18(16)21(20(14)22(23(26)27)30-24(3,4)5)17-11-8-12-19(15(17)2)31(25,28)29/h6-13,22H,1-5H3,(H,26,27)(H2,25,28,29). The summed E-state index contributed by atoms with van der Waals surface area (Å²) in [5.41, 5.74) is 2.22. The van der Waals surface area contributed by atoms with Crippen LogP contribution in [0.25, 0.3) is 21.9 Å². The Bertz CT molecular complexity index is 1270. The molecule has 0 amide bonds. The van der Waals surface area contributed by atoms with Gasteiger partial charge in [-0.2, -0.15) is 0 Å². The van der Waals surface area contributed by atoms with Crippen molar-refractivity contribution in [2.24, 2.45) is 5.14 Å². The first-order valence-corrected chi connectivity index (χ1v) is 11.4. The van der Waals surface area contributed by atoms with E-state index >= 15 is 0 Å². The first kappa shape index (κ1) is 22.9. The molecular weight excluding hydrogens is 414 g/mol. The van der Waals surface area contributed by atoms with Gasteiger partial charge in [0.15, 0.2) is 6.10 Å². The zero-order valence-corrected chi connectivity index (χ0v) is 19.1. The molecule has 1 atom stereocenters. The van der Waals surface area contributed by atoms with Crippen LogP contribution in [0.4, 0.5) is 0 Å². The van der Waals surface area contributed by atoms with Crippen LogP contribution < -0.4 is 5.14 Å². The monoisotopic (exact) mass is 441 g/mol. The molecule has 0 bridgehead atoms. The molecule has 0 radical (unpaired) electrons. The van der Waals surface area contributed by atoms with Gasteiger partial charge in [-0.05, 0) is 73.7 Å². The van der Waals surface area contributed by atoms with Crippen molar-refractivity contribution in [2.45, 2.75) is 51.2 Å². The van der Waals surface area contributed by atoms with E-state index in [1.54, 1.807) is 39.8 Å². The van der Waals surface area contributed by atoms with E-state index in [-0.39, 0.29) is 4.90 Å². The highest BCUT2D eigenvalue weighted by Gasteiger charge is 2.32. The Morgan fingerprint density at radius 2 is 1.71 bits per heavy atom. The van der Waals surface area contributed by atoms with Crippen LogP contribution in [-0.2, 0) is 19.6 Å². The van der Waals surface area contributed by atoms with Gasteiger partial charge in [0.05, 0.1) is 10.5 Å². The highest BCUT2D eigenvalue weighted by atomic mass is 32.2. The third-order valence-electron chi connectivity index (χ3n) is 5.11. The minimum Gasteiger partial charge on any atom is -0.479 e. The fraction of sp³-hybridized carbons (Fsp3) is 0.292. The van der Waals surface area contributed by atoms with Crippen molar-refractivity contribution in [2.75, 3.05) is 0 Å². The van der Waals surface area contributed by atoms with Gasteiger partial charge in [0.25, 0.3) is 0 Å². The fourth-order valence-electron chi connectivity index (χ4n) is 3.91. The maximum Gasteiger partial charge on any atom is 0.337 e. The van der Waals surface area contributed by atoms with Crippen molar-refractivity contribution in [3.63, 3.8) is 0 Å². The van der Waals surface area contributed by atoms with Gasteiger partial charge in [0.1, 0.15) is 0 Å². The molecule has 3 aromatic carbocycles. The lowest BCUT2D eigenvalue weighted by Gasteiger charge is -2.29. The molecule has 0 aliphatic carbocycles. The van der Waals surface area contributed by atoms with Crippen LogP contribution in [0.5, 0.6) is 0 Å². The summed E-state index contributed by atoms with van der Waals surface area (Å²) in [6.07, 6.45) is -1.24. The lowest BCUT2D eigenvalue weighted by Crippen LogP contribution is -2.28. The number of aryl methyl sites for hydroxylation is 1. The van der Waals surface area contributed by atoms with Crippen LogP contribution >= 0.6 is 0 Å². The van der Waals surface area contributed by atoms with E-state index in [1.807, 2.05) is 37.3 Å². The van der Waals surface area contributed by atoms with Gasteiger partial charge in [-0.1, -0.05) is 42.5 Å². The van der Waals surface area contributed by atoms with Crippen LogP contribution in [0.15, 0.2) is 53.4 Å². The molecule has 3 rings (SSSR count). The van der Waals surface area contributed by atoms with Crippen molar-refractivity contribution in [3.8, 4) is 11.1 Å². The summed E-state index contributed by atoms with van der Waals surface area (Å²) in [5.74, 6) is -1.12. The molecular formula is C24H27NO5S. The number of aliphatic carboxylic acids is 1. The highest BCUT2D eigenvalue weighted by Crippen LogP contribution is 2.42. The Kier molecular flexibility index (Phi) is 5.97. The highest BCUT2D eigenvalue weighted by molar-refractivity contribution is 7.89. The number of carboxylic acids is 1. The molecule has 0 aliphatic rings. The van der Waals surface area contributed by atoms with E-state index in [4.69, 9.17) is 9.88 Å². The number of carbonyl (C=O) groups is 1. The normalized spacial score (nSPS) is 13.4. The minimum absolute atomic E-state index is 0.00477. The smallest absolute Gasteiger partial charge is 0.337 e. The first-order chi connectivity index (χ1) is 14.3. The van der Waals surface area contributed by atoms with Crippen molar-refractivity contribution in [1.29, 1.82) is 0 Å². The predicted molar refractivity (Wildman–Crippen MR) is 121 cm³/mol. The second-order valence-electron chi connectivity index (χ2n) is 8.63. The number of carboxylic acid groups (broad SMARTS) is 1. The summed E-state index contributed by atoms with van der Waals surface area (Å²) in [5, 5.41) is 17.2. The van der Waals surface area contributed by atoms with Gasteiger partial charge < -0.3 is 9.84 Å². The van der Waals surface area contributed by atoms with Gasteiger partial charge in [-0.25, -0.2) is 18.4 Å². The molecule has 1 unspecified atom stereocenters. The van der Waals surface area contributed by atoms with E-state index in [2.05, 4.69) is 0 Å². The van der Waals surface area contributed by atoms with Crippen molar-refractivity contribution in [3.05, 3.63) is 65.2 Å². The summed E-state index contributed by atoms with van der Waals surface area (Å²) >= 11 is 0. The number of fused-ring (bicyclic) bond motifs is 1. The number of rotatable bonds is 5. The summed E-state index contributed by atoms with van der Waals surface area (Å²) in [6, 6.07) is 14.4. The molecule has 0 heterocycles. The number of nitrogens with two attached hydrogens (primary N) is 1. The maximum absolute atomic E-state index is 12.3. The number of primary sulfonamides is 1. The van der Waals surface area contributed by atoms with E-state index in [9.17, 15) is 18.3 Å². The molecule has 0 aliphatic heterocycles. The van der Waals surface area contributed by atoms with E-state index < -0.39 is 27.7 Å². The van der Waals surface area contributed by atoms with Crippen LogP contribution in [0.3, 0.4) is 0 Å². The Hall–Kier alpha value is -2.74. The average Bonchev–Trinajstić information content (AvgIpc) is 2.64. The summed E-state index contributed by atoms with van der Waals surface area (Å²) in [4.78, 5) is 12.3. The largest absolute Gasteiger partial charge is 0.479 e. The second-order valence-corrected chi connectivity index (χ2v) is 10.2. The number of hydrogen-bond donors (Lipinski definition) is 2. The number of ether oxygens (including phenoxy) is 1. The van der Waals surface area contributed by atoms with Gasteiger partial charge in [-0.15, -0.1) is 0 Å². The maximum atomic E-state index is 12.3. The molecule has 0 aromatic heterocycles.